The first-order valence-electron chi connectivity index (χ1n) is 13.3. The predicted octanol–water partition coefficient (Wildman–Crippen LogP) is 4.57. The molecule has 7 atom stereocenters. The van der Waals surface area contributed by atoms with Crippen LogP contribution in [0.15, 0.2) is 11.6 Å². The average molecular weight is 473 g/mol. The van der Waals surface area contributed by atoms with Crippen LogP contribution >= 0.6 is 0 Å². The van der Waals surface area contributed by atoms with Crippen LogP contribution in [0.2, 0.25) is 0 Å². The van der Waals surface area contributed by atoms with Crippen LogP contribution in [0.4, 0.5) is 4.79 Å². The summed E-state index contributed by atoms with van der Waals surface area (Å²) in [5.41, 5.74) is 0.216. The molecule has 0 aromatic carbocycles. The van der Waals surface area contributed by atoms with Crippen LogP contribution in [-0.2, 0) is 14.3 Å². The lowest BCUT2D eigenvalue weighted by Crippen LogP contribution is -2.55. The number of fused-ring (bicyclic) bond motifs is 5. The minimum atomic E-state index is -0.930. The Bertz CT molecular complexity index is 842. The van der Waals surface area contributed by atoms with Gasteiger partial charge in [-0.2, -0.15) is 0 Å². The van der Waals surface area contributed by atoms with Crippen LogP contribution < -0.4 is 0 Å². The summed E-state index contributed by atoms with van der Waals surface area (Å²) in [5, 5.41) is 18.3. The minimum Gasteiger partial charge on any atom is -0.434 e. The van der Waals surface area contributed by atoms with Crippen molar-refractivity contribution >= 4 is 11.9 Å². The second kappa shape index (κ2) is 10.4. The molecule has 2 N–H and O–H groups in total. The zero-order chi connectivity index (χ0) is 24.3. The van der Waals surface area contributed by atoms with Gasteiger partial charge in [0.25, 0.3) is 0 Å². The molecule has 0 amide bonds. The van der Waals surface area contributed by atoms with E-state index in [0.29, 0.717) is 55.8 Å². The Kier molecular flexibility index (Phi) is 7.74. The molecule has 3 unspecified atom stereocenters. The fourth-order valence-electron chi connectivity index (χ4n) is 8.02. The molecule has 0 heterocycles. The number of rotatable bonds is 8. The third kappa shape index (κ3) is 4.42. The van der Waals surface area contributed by atoms with Crippen LogP contribution in [0.25, 0.3) is 0 Å². The topological polar surface area (TPSA) is 93.1 Å². The zero-order valence-electron chi connectivity index (χ0n) is 20.5. The van der Waals surface area contributed by atoms with E-state index in [1.807, 2.05) is 6.08 Å². The summed E-state index contributed by atoms with van der Waals surface area (Å²) in [4.78, 5) is 24.6. The van der Waals surface area contributed by atoms with Gasteiger partial charge in [0.15, 0.2) is 11.4 Å². The Morgan fingerprint density at radius 1 is 1.21 bits per heavy atom. The van der Waals surface area contributed by atoms with E-state index in [2.05, 4.69) is 12.8 Å². The zero-order valence-corrected chi connectivity index (χ0v) is 20.5. The molecule has 0 saturated heterocycles. The maximum atomic E-state index is 12.7. The van der Waals surface area contributed by atoms with Gasteiger partial charge < -0.3 is 19.7 Å². The number of hydrogen-bond acceptors (Lipinski definition) is 6. The van der Waals surface area contributed by atoms with Crippen LogP contribution in [0, 0.1) is 41.4 Å². The van der Waals surface area contributed by atoms with Gasteiger partial charge in [-0.15, -0.1) is 6.42 Å². The summed E-state index contributed by atoms with van der Waals surface area (Å²) < 4.78 is 11.4. The third-order valence-corrected chi connectivity index (χ3v) is 9.60. The Hall–Kier alpha value is -1.84. The van der Waals surface area contributed by atoms with Crippen molar-refractivity contribution in [2.75, 3.05) is 13.2 Å². The number of hydrogen-bond donors (Lipinski definition) is 2. The molecule has 3 fully saturated rings. The van der Waals surface area contributed by atoms with E-state index < -0.39 is 17.9 Å². The molecular weight excluding hydrogens is 432 g/mol. The number of unbranched alkanes of at least 4 members (excludes halogenated alkanes) is 1. The minimum absolute atomic E-state index is 0.209. The van der Waals surface area contributed by atoms with Crippen molar-refractivity contribution in [1.29, 1.82) is 0 Å². The Morgan fingerprint density at radius 3 is 2.76 bits per heavy atom. The molecule has 34 heavy (non-hydrogen) atoms. The molecule has 0 bridgehead atoms. The highest BCUT2D eigenvalue weighted by atomic mass is 16.7. The largest absolute Gasteiger partial charge is 0.509 e. The van der Waals surface area contributed by atoms with Gasteiger partial charge in [-0.05, 0) is 100 Å². The highest BCUT2D eigenvalue weighted by Crippen LogP contribution is 2.67. The molecule has 188 valence electrons. The Morgan fingerprint density at radius 2 is 2.03 bits per heavy atom. The van der Waals surface area contributed by atoms with Crippen molar-refractivity contribution in [1.82, 2.24) is 0 Å². The van der Waals surface area contributed by atoms with E-state index >= 15 is 0 Å². The summed E-state index contributed by atoms with van der Waals surface area (Å²) >= 11 is 0. The first-order valence-corrected chi connectivity index (χ1v) is 13.3. The van der Waals surface area contributed by atoms with Gasteiger partial charge in [-0.25, -0.2) is 4.79 Å². The van der Waals surface area contributed by atoms with Crippen molar-refractivity contribution in [3.8, 4) is 12.3 Å². The van der Waals surface area contributed by atoms with Gasteiger partial charge in [0, 0.05) is 11.8 Å². The smallest absolute Gasteiger partial charge is 0.434 e. The Labute approximate surface area is 203 Å². The van der Waals surface area contributed by atoms with Gasteiger partial charge in [0.2, 0.25) is 0 Å². The number of ether oxygens (including phenoxy) is 2. The number of allylic oxidation sites excluding steroid dienone is 1. The molecule has 4 aliphatic rings. The van der Waals surface area contributed by atoms with Crippen LogP contribution in [0.3, 0.4) is 0 Å². The fraction of sp³-hybridized carbons (Fsp3) is 0.786. The Balaban J connectivity index is 1.42. The van der Waals surface area contributed by atoms with E-state index in [1.54, 1.807) is 0 Å². The fourth-order valence-corrected chi connectivity index (χ4v) is 8.02. The first-order chi connectivity index (χ1) is 16.4. The molecular formula is C28H40O6. The van der Waals surface area contributed by atoms with E-state index in [1.165, 1.54) is 5.57 Å². The van der Waals surface area contributed by atoms with Crippen molar-refractivity contribution in [2.24, 2.45) is 29.1 Å². The molecule has 4 aliphatic carbocycles. The quantitative estimate of drug-likeness (QED) is 0.305. The van der Waals surface area contributed by atoms with Crippen LogP contribution in [0.1, 0.15) is 84.0 Å². The van der Waals surface area contributed by atoms with Gasteiger partial charge in [0.1, 0.15) is 0 Å². The standard InChI is InChI=1S/C28H40O6/c1-3-27-14-12-23-22-11-9-20(30)17-19(22)8-10-24(23)25(27)13-15-28(27,4-2)34-26(32)33-16-6-5-7-21(31)18-29/h2,17,21-25,29,31H,3,5-16,18H2,1H3/t21?,22-,23+,24+,25-,27?,28?/m0/s1. The molecule has 0 radical (unpaired) electrons. The first kappa shape index (κ1) is 25.3. The number of carbonyl (C=O) groups excluding carboxylic acids is 2. The number of aliphatic hydroxyl groups is 2. The molecule has 0 spiro atoms. The molecule has 0 aliphatic heterocycles. The van der Waals surface area contributed by atoms with Gasteiger partial charge in [-0.1, -0.05) is 18.4 Å². The van der Waals surface area contributed by atoms with Gasteiger partial charge in [0.05, 0.1) is 19.3 Å². The van der Waals surface area contributed by atoms with Crippen molar-refractivity contribution < 1.29 is 29.3 Å². The molecule has 0 aromatic heterocycles. The lowest BCUT2D eigenvalue weighted by molar-refractivity contribution is -0.120. The maximum Gasteiger partial charge on any atom is 0.509 e. The van der Waals surface area contributed by atoms with E-state index in [0.717, 1.165) is 44.9 Å². The highest BCUT2D eigenvalue weighted by molar-refractivity contribution is 5.91. The number of ketones is 1. The van der Waals surface area contributed by atoms with E-state index in [9.17, 15) is 14.7 Å². The van der Waals surface area contributed by atoms with Crippen LogP contribution in [0.5, 0.6) is 0 Å². The van der Waals surface area contributed by atoms with Crippen LogP contribution in [-0.4, -0.2) is 47.1 Å². The summed E-state index contributed by atoms with van der Waals surface area (Å²) in [5.74, 6) is 5.36. The maximum absolute atomic E-state index is 12.7. The summed E-state index contributed by atoms with van der Waals surface area (Å²) in [7, 11) is 0. The molecule has 6 nitrogen and oxygen atoms in total. The summed E-state index contributed by atoms with van der Waals surface area (Å²) in [6, 6.07) is 0. The predicted molar refractivity (Wildman–Crippen MR) is 128 cm³/mol. The molecule has 4 rings (SSSR count). The number of terminal acetylenes is 1. The van der Waals surface area contributed by atoms with Gasteiger partial charge in [-0.3, -0.25) is 4.79 Å². The third-order valence-electron chi connectivity index (χ3n) is 9.60. The van der Waals surface area contributed by atoms with Gasteiger partial charge >= 0.3 is 6.16 Å². The summed E-state index contributed by atoms with van der Waals surface area (Å²) in [6.07, 6.45) is 16.6. The second-order valence-electron chi connectivity index (χ2n) is 10.9. The second-order valence-corrected chi connectivity index (χ2v) is 10.9. The van der Waals surface area contributed by atoms with Crippen molar-refractivity contribution in [3.05, 3.63) is 11.6 Å². The normalized spacial score (nSPS) is 37.5. The monoisotopic (exact) mass is 472 g/mol. The number of carbonyl (C=O) groups is 2. The van der Waals surface area contributed by atoms with E-state index in [4.69, 9.17) is 21.0 Å². The molecule has 0 aromatic rings. The van der Waals surface area contributed by atoms with Crippen molar-refractivity contribution in [3.63, 3.8) is 0 Å². The van der Waals surface area contributed by atoms with Crippen molar-refractivity contribution in [2.45, 2.75) is 95.7 Å². The summed E-state index contributed by atoms with van der Waals surface area (Å²) in [6.45, 7) is 2.13. The molecule has 3 saturated carbocycles. The molecule has 6 heteroatoms. The lowest BCUT2D eigenvalue weighted by Gasteiger charge is -2.56. The van der Waals surface area contributed by atoms with E-state index in [-0.39, 0.29) is 24.4 Å². The lowest BCUT2D eigenvalue weighted by atomic mass is 9.49. The number of aliphatic hydroxyl groups excluding tert-OH is 2. The SMILES string of the molecule is C#CC1(OC(=O)OCCCCC(O)CO)CC[C@H]2[C@@H]3CCC4=CC(=O)CC[C@@H]4[C@H]3CCC21CC. The highest BCUT2D eigenvalue weighted by Gasteiger charge is 2.66. The average Bonchev–Trinajstić information content (AvgIpc) is 3.17.